The van der Waals surface area contributed by atoms with E-state index < -0.39 is 12.0 Å². The van der Waals surface area contributed by atoms with Crippen molar-refractivity contribution < 1.29 is 14.7 Å². The molecule has 0 bridgehead atoms. The lowest BCUT2D eigenvalue weighted by Gasteiger charge is -2.19. The van der Waals surface area contributed by atoms with Gasteiger partial charge in [0, 0.05) is 11.3 Å². The molecule has 0 aliphatic carbocycles. The number of rotatable bonds is 7. The molecule has 0 amide bonds. The predicted octanol–water partition coefficient (Wildman–Crippen LogP) is 1.54. The first-order valence-electron chi connectivity index (χ1n) is 6.30. The van der Waals surface area contributed by atoms with Crippen molar-refractivity contribution in [3.05, 3.63) is 29.8 Å². The second kappa shape index (κ2) is 6.89. The summed E-state index contributed by atoms with van der Waals surface area (Å²) in [6.07, 6.45) is 0.733. The molecule has 1 aromatic carbocycles. The Morgan fingerprint density at radius 2 is 2.11 bits per heavy atom. The van der Waals surface area contributed by atoms with E-state index in [1.54, 1.807) is 24.3 Å². The number of carboxylic acid groups (broad SMARTS) is 1. The van der Waals surface area contributed by atoms with Crippen LogP contribution in [-0.4, -0.2) is 29.4 Å². The van der Waals surface area contributed by atoms with Crippen LogP contribution in [0.15, 0.2) is 24.3 Å². The number of Topliss-reactive ketones (excluding diaryl/α,β-unsaturated/α-hetero) is 1. The maximum absolute atomic E-state index is 11.9. The number of carbonyl (C=O) groups excluding carboxylic acids is 1. The number of hydrogen-bond acceptors (Lipinski definition) is 4. The van der Waals surface area contributed by atoms with Gasteiger partial charge in [-0.2, -0.15) is 0 Å². The van der Waals surface area contributed by atoms with Crippen molar-refractivity contribution in [1.82, 2.24) is 5.32 Å². The molecule has 5 heteroatoms. The number of ketones is 1. The Balaban J connectivity index is 2.64. The fraction of sp³-hybridized carbons (Fsp3) is 0.429. The van der Waals surface area contributed by atoms with Crippen molar-refractivity contribution in [2.24, 2.45) is 5.92 Å². The zero-order valence-electron chi connectivity index (χ0n) is 11.2. The molecule has 0 radical (unpaired) electrons. The molecule has 104 valence electrons. The molecule has 0 fully saturated rings. The SMILES string of the molecule is CCC(C)C(NCC(=O)c1cccc(N)c1)C(=O)O. The van der Waals surface area contributed by atoms with E-state index in [4.69, 9.17) is 10.8 Å². The second-order valence-electron chi connectivity index (χ2n) is 4.63. The summed E-state index contributed by atoms with van der Waals surface area (Å²) in [5, 5.41) is 11.9. The van der Waals surface area contributed by atoms with Crippen LogP contribution in [0.2, 0.25) is 0 Å². The van der Waals surface area contributed by atoms with Crippen LogP contribution in [-0.2, 0) is 4.79 Å². The summed E-state index contributed by atoms with van der Waals surface area (Å²) in [5.41, 5.74) is 6.61. The first-order valence-corrected chi connectivity index (χ1v) is 6.30. The lowest BCUT2D eigenvalue weighted by Crippen LogP contribution is -2.44. The fourth-order valence-electron chi connectivity index (χ4n) is 1.78. The minimum Gasteiger partial charge on any atom is -0.480 e. The largest absolute Gasteiger partial charge is 0.480 e. The Bertz CT molecular complexity index is 460. The number of anilines is 1. The Morgan fingerprint density at radius 3 is 2.63 bits per heavy atom. The first-order chi connectivity index (χ1) is 8.95. The highest BCUT2D eigenvalue weighted by atomic mass is 16.4. The smallest absolute Gasteiger partial charge is 0.320 e. The highest BCUT2D eigenvalue weighted by Gasteiger charge is 2.23. The Kier molecular flexibility index (Phi) is 5.51. The van der Waals surface area contributed by atoms with E-state index in [1.165, 1.54) is 0 Å². The molecule has 2 unspecified atom stereocenters. The number of benzene rings is 1. The molecule has 1 rings (SSSR count). The predicted molar refractivity (Wildman–Crippen MR) is 74.1 cm³/mol. The van der Waals surface area contributed by atoms with Crippen molar-refractivity contribution in [3.63, 3.8) is 0 Å². The third-order valence-corrected chi connectivity index (χ3v) is 3.17. The molecule has 2 atom stereocenters. The molecule has 5 nitrogen and oxygen atoms in total. The zero-order chi connectivity index (χ0) is 14.4. The van der Waals surface area contributed by atoms with Gasteiger partial charge in [-0.1, -0.05) is 32.4 Å². The van der Waals surface area contributed by atoms with Gasteiger partial charge >= 0.3 is 5.97 Å². The number of aliphatic carboxylic acids is 1. The average Bonchev–Trinajstić information content (AvgIpc) is 2.37. The van der Waals surface area contributed by atoms with E-state index in [2.05, 4.69) is 5.32 Å². The van der Waals surface area contributed by atoms with Crippen LogP contribution >= 0.6 is 0 Å². The third-order valence-electron chi connectivity index (χ3n) is 3.17. The van der Waals surface area contributed by atoms with Gasteiger partial charge in [-0.3, -0.25) is 14.9 Å². The maximum atomic E-state index is 11.9. The van der Waals surface area contributed by atoms with Crippen molar-refractivity contribution in [1.29, 1.82) is 0 Å². The molecule has 0 spiro atoms. The molecular weight excluding hydrogens is 244 g/mol. The van der Waals surface area contributed by atoms with Gasteiger partial charge in [-0.15, -0.1) is 0 Å². The summed E-state index contributed by atoms with van der Waals surface area (Å²) in [5.74, 6) is -1.14. The molecular formula is C14H20N2O3. The van der Waals surface area contributed by atoms with Gasteiger partial charge in [-0.25, -0.2) is 0 Å². The summed E-state index contributed by atoms with van der Waals surface area (Å²) in [6.45, 7) is 3.75. The van der Waals surface area contributed by atoms with E-state index in [0.29, 0.717) is 11.3 Å². The standard InChI is InChI=1S/C14H20N2O3/c1-3-9(2)13(14(18)19)16-8-12(17)10-5-4-6-11(15)7-10/h4-7,9,13,16H,3,8,15H2,1-2H3,(H,18,19). The van der Waals surface area contributed by atoms with E-state index in [9.17, 15) is 9.59 Å². The van der Waals surface area contributed by atoms with Crippen molar-refractivity contribution in [2.45, 2.75) is 26.3 Å². The highest BCUT2D eigenvalue weighted by Crippen LogP contribution is 2.09. The van der Waals surface area contributed by atoms with E-state index in [1.807, 2.05) is 13.8 Å². The van der Waals surface area contributed by atoms with Gasteiger partial charge in [0.1, 0.15) is 6.04 Å². The molecule has 4 N–H and O–H groups in total. The van der Waals surface area contributed by atoms with Gasteiger partial charge in [-0.05, 0) is 18.1 Å². The molecule has 0 saturated carbocycles. The quantitative estimate of drug-likeness (QED) is 0.513. The fourth-order valence-corrected chi connectivity index (χ4v) is 1.78. The van der Waals surface area contributed by atoms with Crippen molar-refractivity contribution in [3.8, 4) is 0 Å². The van der Waals surface area contributed by atoms with Gasteiger partial charge in [0.25, 0.3) is 0 Å². The number of hydrogen-bond donors (Lipinski definition) is 3. The van der Waals surface area contributed by atoms with Crippen LogP contribution in [0.25, 0.3) is 0 Å². The van der Waals surface area contributed by atoms with Gasteiger partial charge in [0.05, 0.1) is 6.54 Å². The van der Waals surface area contributed by atoms with Crippen LogP contribution < -0.4 is 11.1 Å². The van der Waals surface area contributed by atoms with Gasteiger partial charge in [0.2, 0.25) is 0 Å². The minimum atomic E-state index is -0.935. The zero-order valence-corrected chi connectivity index (χ0v) is 11.2. The summed E-state index contributed by atoms with van der Waals surface area (Å²) >= 11 is 0. The summed E-state index contributed by atoms with van der Waals surface area (Å²) in [4.78, 5) is 23.0. The lowest BCUT2D eigenvalue weighted by molar-refractivity contribution is -0.140. The van der Waals surface area contributed by atoms with Crippen molar-refractivity contribution in [2.75, 3.05) is 12.3 Å². The Hall–Kier alpha value is -1.88. The Labute approximate surface area is 112 Å². The van der Waals surface area contributed by atoms with E-state index in [-0.39, 0.29) is 18.2 Å². The second-order valence-corrected chi connectivity index (χ2v) is 4.63. The number of carboxylic acids is 1. The average molecular weight is 264 g/mol. The highest BCUT2D eigenvalue weighted by molar-refractivity contribution is 5.98. The maximum Gasteiger partial charge on any atom is 0.320 e. The molecule has 0 saturated heterocycles. The number of carbonyl (C=O) groups is 2. The van der Waals surface area contributed by atoms with E-state index in [0.717, 1.165) is 6.42 Å². The molecule has 0 aliphatic heterocycles. The molecule has 0 aliphatic rings. The minimum absolute atomic E-state index is 0.00917. The van der Waals surface area contributed by atoms with Crippen LogP contribution in [0.1, 0.15) is 30.6 Å². The summed E-state index contributed by atoms with van der Waals surface area (Å²) in [7, 11) is 0. The topological polar surface area (TPSA) is 92.4 Å². The first kappa shape index (κ1) is 15.2. The number of nitrogens with two attached hydrogens (primary N) is 1. The molecule has 19 heavy (non-hydrogen) atoms. The summed E-state index contributed by atoms with van der Waals surface area (Å²) in [6, 6.07) is 5.94. The van der Waals surface area contributed by atoms with E-state index >= 15 is 0 Å². The number of nitrogens with one attached hydrogen (secondary N) is 1. The monoisotopic (exact) mass is 264 g/mol. The van der Waals surface area contributed by atoms with Gasteiger partial charge in [0.15, 0.2) is 5.78 Å². The van der Waals surface area contributed by atoms with Gasteiger partial charge < -0.3 is 10.8 Å². The molecule has 1 aromatic rings. The lowest BCUT2D eigenvalue weighted by atomic mass is 9.99. The third kappa shape index (κ3) is 4.37. The van der Waals surface area contributed by atoms with Crippen LogP contribution in [0.3, 0.4) is 0 Å². The molecule has 0 heterocycles. The van der Waals surface area contributed by atoms with Crippen LogP contribution in [0, 0.1) is 5.92 Å². The van der Waals surface area contributed by atoms with Crippen LogP contribution in [0.4, 0.5) is 5.69 Å². The normalized spacial score (nSPS) is 13.8. The Morgan fingerprint density at radius 1 is 1.42 bits per heavy atom. The molecule has 0 aromatic heterocycles. The summed E-state index contributed by atoms with van der Waals surface area (Å²) < 4.78 is 0. The number of nitrogen functional groups attached to an aromatic ring is 1. The van der Waals surface area contributed by atoms with Crippen molar-refractivity contribution >= 4 is 17.4 Å². The van der Waals surface area contributed by atoms with Crippen LogP contribution in [0.5, 0.6) is 0 Å².